The highest BCUT2D eigenvalue weighted by atomic mass is 32.1. The lowest BCUT2D eigenvalue weighted by atomic mass is 9.91. The second-order valence-corrected chi connectivity index (χ2v) is 9.85. The van der Waals surface area contributed by atoms with Gasteiger partial charge in [0.25, 0.3) is 0 Å². The number of urea groups is 1. The molecule has 1 aliphatic rings. The van der Waals surface area contributed by atoms with Crippen molar-refractivity contribution >= 4 is 44.6 Å². The number of piperidine rings is 1. The fourth-order valence-corrected chi connectivity index (χ4v) is 5.44. The highest BCUT2D eigenvalue weighted by molar-refractivity contribution is 7.22. The van der Waals surface area contributed by atoms with Crippen LogP contribution in [0.25, 0.3) is 32.6 Å². The van der Waals surface area contributed by atoms with Crippen LogP contribution in [-0.4, -0.2) is 69.4 Å². The average molecular weight is 534 g/mol. The quantitative estimate of drug-likeness (QED) is 0.321. The number of fused-ring (bicyclic) bond motifs is 1. The van der Waals surface area contributed by atoms with Gasteiger partial charge >= 0.3 is 12.0 Å². The Balaban J connectivity index is 1.45. The molecule has 1 aromatic carbocycles. The van der Waals surface area contributed by atoms with Crippen molar-refractivity contribution in [2.75, 3.05) is 37.0 Å². The molecular formula is C26H27N7O4S. The Morgan fingerprint density at radius 2 is 1.89 bits per heavy atom. The van der Waals surface area contributed by atoms with E-state index in [1.54, 1.807) is 18.6 Å². The predicted molar refractivity (Wildman–Crippen MR) is 145 cm³/mol. The van der Waals surface area contributed by atoms with Crippen LogP contribution in [0.1, 0.15) is 19.8 Å². The first kappa shape index (κ1) is 25.5. The molecule has 3 aromatic heterocycles. The molecule has 5 rings (SSSR count). The number of carboxylic acids is 1. The van der Waals surface area contributed by atoms with Crippen molar-refractivity contribution in [3.8, 4) is 22.4 Å². The van der Waals surface area contributed by atoms with Crippen molar-refractivity contribution in [1.29, 1.82) is 0 Å². The fourth-order valence-electron chi connectivity index (χ4n) is 4.47. The number of hydrogen-bond donors (Lipinski definition) is 3. The maximum absolute atomic E-state index is 12.1. The van der Waals surface area contributed by atoms with E-state index in [0.717, 1.165) is 32.6 Å². The molecule has 0 radical (unpaired) electrons. The molecule has 11 nitrogen and oxygen atoms in total. The van der Waals surface area contributed by atoms with E-state index < -0.39 is 11.6 Å². The van der Waals surface area contributed by atoms with Crippen molar-refractivity contribution in [2.24, 2.45) is 0 Å². The summed E-state index contributed by atoms with van der Waals surface area (Å²) in [6.07, 6.45) is 5.94. The second kappa shape index (κ2) is 10.7. The first-order valence-electron chi connectivity index (χ1n) is 12.2. The van der Waals surface area contributed by atoms with Crippen LogP contribution < -0.4 is 15.5 Å². The van der Waals surface area contributed by atoms with Gasteiger partial charge in [-0.05, 0) is 36.8 Å². The molecular weight excluding hydrogens is 506 g/mol. The average Bonchev–Trinajstić information content (AvgIpc) is 3.35. The largest absolute Gasteiger partial charge is 0.479 e. The highest BCUT2D eigenvalue weighted by Gasteiger charge is 2.42. The Labute approximate surface area is 222 Å². The Hall–Kier alpha value is -4.16. The third-order valence-electron chi connectivity index (χ3n) is 6.59. The molecule has 4 aromatic rings. The summed E-state index contributed by atoms with van der Waals surface area (Å²) in [6.45, 7) is 3.33. The molecule has 0 atom stereocenters. The molecule has 1 saturated heterocycles. The van der Waals surface area contributed by atoms with Crippen molar-refractivity contribution in [3.63, 3.8) is 0 Å². The molecule has 1 aliphatic heterocycles. The molecule has 0 spiro atoms. The van der Waals surface area contributed by atoms with Crippen molar-refractivity contribution in [1.82, 2.24) is 25.3 Å². The monoisotopic (exact) mass is 533 g/mol. The third kappa shape index (κ3) is 5.00. The first-order valence-corrected chi connectivity index (χ1v) is 13.0. The van der Waals surface area contributed by atoms with Crippen LogP contribution in [0.3, 0.4) is 0 Å². The van der Waals surface area contributed by atoms with Crippen LogP contribution in [0.15, 0.2) is 48.9 Å². The number of rotatable bonds is 7. The Morgan fingerprint density at radius 3 is 2.53 bits per heavy atom. The number of benzene rings is 1. The number of aromatic nitrogens is 4. The lowest BCUT2D eigenvalue weighted by molar-refractivity contribution is -0.164. The van der Waals surface area contributed by atoms with Crippen LogP contribution >= 0.6 is 11.3 Å². The minimum Gasteiger partial charge on any atom is -0.479 e. The van der Waals surface area contributed by atoms with E-state index in [2.05, 4.69) is 30.6 Å². The molecule has 0 saturated carbocycles. The number of thiazole rings is 1. The SMILES string of the molecule is CCNC(=O)Nc1nc2cc(-c3cnc(N4CCC(OC)(C(=O)O)CC4)nc3)cc(-c3ccccn3)c2s1. The summed E-state index contributed by atoms with van der Waals surface area (Å²) >= 11 is 1.39. The van der Waals surface area contributed by atoms with E-state index in [1.165, 1.54) is 18.4 Å². The predicted octanol–water partition coefficient (Wildman–Crippen LogP) is 4.03. The Kier molecular flexibility index (Phi) is 7.16. The van der Waals surface area contributed by atoms with Gasteiger partial charge in [-0.25, -0.2) is 24.5 Å². The number of nitrogens with one attached hydrogen (secondary N) is 2. The topological polar surface area (TPSA) is 142 Å². The first-order chi connectivity index (χ1) is 18.4. The number of pyridine rings is 1. The smallest absolute Gasteiger partial charge is 0.336 e. The summed E-state index contributed by atoms with van der Waals surface area (Å²) in [5.41, 5.74) is 2.91. The molecule has 3 N–H and O–H groups in total. The lowest BCUT2D eigenvalue weighted by Gasteiger charge is -2.37. The number of carboxylic acid groups (broad SMARTS) is 1. The summed E-state index contributed by atoms with van der Waals surface area (Å²) < 4.78 is 6.22. The van der Waals surface area contributed by atoms with E-state index in [9.17, 15) is 14.7 Å². The van der Waals surface area contributed by atoms with Crippen molar-refractivity contribution in [3.05, 3.63) is 48.9 Å². The summed E-state index contributed by atoms with van der Waals surface area (Å²) in [4.78, 5) is 44.0. The number of ether oxygens (including phenoxy) is 1. The molecule has 12 heteroatoms. The molecule has 196 valence electrons. The van der Waals surface area contributed by atoms with Gasteiger partial charge in [-0.15, -0.1) is 0 Å². The van der Waals surface area contributed by atoms with Gasteiger partial charge in [0.2, 0.25) is 5.95 Å². The van der Waals surface area contributed by atoms with E-state index in [0.29, 0.717) is 43.6 Å². The van der Waals surface area contributed by atoms with Crippen LogP contribution in [0.4, 0.5) is 15.9 Å². The maximum Gasteiger partial charge on any atom is 0.336 e. The number of amides is 2. The standard InChI is InChI=1S/C26H27N7O4S/c1-3-27-24(36)32-25-31-20-13-16(12-18(21(20)38-25)19-6-4-5-9-28-19)17-14-29-23(30-15-17)33-10-7-26(37-2,8-11-33)22(34)35/h4-6,9,12-15H,3,7-8,10-11H2,1-2H3,(H,34,35)(H2,27,31,32,36). The molecule has 0 bridgehead atoms. The Bertz CT molecular complexity index is 1450. The van der Waals surface area contributed by atoms with E-state index in [1.807, 2.05) is 42.2 Å². The van der Waals surface area contributed by atoms with Gasteiger partial charge in [0.05, 0.1) is 15.9 Å². The van der Waals surface area contributed by atoms with Crippen LogP contribution in [0.2, 0.25) is 0 Å². The normalized spacial score (nSPS) is 14.8. The fraction of sp³-hybridized carbons (Fsp3) is 0.308. The van der Waals surface area contributed by atoms with Crippen LogP contribution in [0, 0.1) is 0 Å². The lowest BCUT2D eigenvalue weighted by Crippen LogP contribution is -2.51. The molecule has 2 amide bonds. The van der Waals surface area contributed by atoms with E-state index in [-0.39, 0.29) is 6.03 Å². The summed E-state index contributed by atoms with van der Waals surface area (Å²) in [6, 6.07) is 9.38. The van der Waals surface area contributed by atoms with Crippen molar-refractivity contribution in [2.45, 2.75) is 25.4 Å². The zero-order chi connectivity index (χ0) is 26.7. The van der Waals surface area contributed by atoms with Gasteiger partial charge < -0.3 is 20.1 Å². The van der Waals surface area contributed by atoms with E-state index in [4.69, 9.17) is 4.74 Å². The van der Waals surface area contributed by atoms with Crippen molar-refractivity contribution < 1.29 is 19.4 Å². The van der Waals surface area contributed by atoms with E-state index >= 15 is 0 Å². The number of aliphatic carboxylic acids is 1. The number of hydrogen-bond acceptors (Lipinski definition) is 9. The number of carbonyl (C=O) groups excluding carboxylic acids is 1. The zero-order valence-corrected chi connectivity index (χ0v) is 21.8. The summed E-state index contributed by atoms with van der Waals surface area (Å²) in [5.74, 6) is -0.404. The third-order valence-corrected chi connectivity index (χ3v) is 7.61. The molecule has 38 heavy (non-hydrogen) atoms. The molecule has 0 unspecified atom stereocenters. The van der Waals surface area contributed by atoms with Gasteiger partial charge in [0, 0.05) is 69.3 Å². The minimum absolute atomic E-state index is 0.307. The number of carbonyl (C=O) groups is 2. The van der Waals surface area contributed by atoms with Crippen LogP contribution in [-0.2, 0) is 9.53 Å². The van der Waals surface area contributed by atoms with Gasteiger partial charge in [-0.1, -0.05) is 17.4 Å². The number of anilines is 2. The van der Waals surface area contributed by atoms with Gasteiger partial charge in [-0.3, -0.25) is 10.3 Å². The minimum atomic E-state index is -1.16. The second-order valence-electron chi connectivity index (χ2n) is 8.85. The Morgan fingerprint density at radius 1 is 1.13 bits per heavy atom. The molecule has 0 aliphatic carbocycles. The summed E-state index contributed by atoms with van der Waals surface area (Å²) in [7, 11) is 1.44. The van der Waals surface area contributed by atoms with Gasteiger partial charge in [-0.2, -0.15) is 0 Å². The number of nitrogens with zero attached hydrogens (tertiary/aromatic N) is 5. The molecule has 4 heterocycles. The highest BCUT2D eigenvalue weighted by Crippen LogP contribution is 2.38. The van der Waals surface area contributed by atoms with Gasteiger partial charge in [0.1, 0.15) is 0 Å². The zero-order valence-electron chi connectivity index (χ0n) is 21.0. The maximum atomic E-state index is 12.1. The summed E-state index contributed by atoms with van der Waals surface area (Å²) in [5, 5.41) is 15.5. The number of methoxy groups -OCH3 is 1. The van der Waals surface area contributed by atoms with Gasteiger partial charge in [0.15, 0.2) is 10.7 Å². The van der Waals surface area contributed by atoms with Crippen LogP contribution in [0.5, 0.6) is 0 Å². The molecule has 1 fully saturated rings.